The van der Waals surface area contributed by atoms with E-state index in [1.165, 1.54) is 6.42 Å². The zero-order chi connectivity index (χ0) is 16.2. The van der Waals surface area contributed by atoms with Gasteiger partial charge in [-0.3, -0.25) is 4.72 Å². The smallest absolute Gasteiger partial charge is 0.263 e. The Kier molecular flexibility index (Phi) is 3.50. The van der Waals surface area contributed by atoms with Crippen LogP contribution in [0.3, 0.4) is 0 Å². The van der Waals surface area contributed by atoms with Gasteiger partial charge in [-0.2, -0.15) is 0 Å². The SMILES string of the molecule is Cc1ccc(S(=O)(=O)NC(=S)N2CC3C4C=CC(C4)C3C2)cc1. The maximum atomic E-state index is 12.5. The number of benzene rings is 1. The van der Waals surface area contributed by atoms with E-state index < -0.39 is 10.0 Å². The van der Waals surface area contributed by atoms with Crippen molar-refractivity contribution in [1.82, 2.24) is 9.62 Å². The van der Waals surface area contributed by atoms with Gasteiger partial charge in [-0.1, -0.05) is 29.8 Å². The predicted octanol–water partition coefficient (Wildman–Crippen LogP) is 2.31. The van der Waals surface area contributed by atoms with Crippen LogP contribution >= 0.6 is 12.2 Å². The molecular formula is C17H20N2O2S2. The Bertz CT molecular complexity index is 750. The van der Waals surface area contributed by atoms with E-state index in [2.05, 4.69) is 16.9 Å². The van der Waals surface area contributed by atoms with Crippen LogP contribution in [0.2, 0.25) is 0 Å². The van der Waals surface area contributed by atoms with Crippen molar-refractivity contribution in [2.24, 2.45) is 23.7 Å². The van der Waals surface area contributed by atoms with Crippen molar-refractivity contribution in [3.05, 3.63) is 42.0 Å². The summed E-state index contributed by atoms with van der Waals surface area (Å²) in [7, 11) is -3.60. The monoisotopic (exact) mass is 348 g/mol. The molecule has 4 nitrogen and oxygen atoms in total. The minimum absolute atomic E-state index is 0.256. The number of aryl methyl sites for hydroxylation is 1. The Balaban J connectivity index is 1.45. The Morgan fingerprint density at radius 3 is 2.26 bits per heavy atom. The van der Waals surface area contributed by atoms with Crippen molar-refractivity contribution in [2.75, 3.05) is 13.1 Å². The summed E-state index contributed by atoms with van der Waals surface area (Å²) in [6.07, 6.45) is 5.93. The number of rotatable bonds is 2. The lowest BCUT2D eigenvalue weighted by Gasteiger charge is -2.22. The number of hydrogen-bond acceptors (Lipinski definition) is 3. The molecule has 1 aromatic rings. The van der Waals surface area contributed by atoms with E-state index in [0.717, 1.165) is 18.7 Å². The molecule has 1 saturated heterocycles. The van der Waals surface area contributed by atoms with Crippen molar-refractivity contribution in [2.45, 2.75) is 18.2 Å². The lowest BCUT2D eigenvalue weighted by atomic mass is 9.86. The summed E-state index contributed by atoms with van der Waals surface area (Å²) in [5, 5.41) is 0.333. The highest BCUT2D eigenvalue weighted by Crippen LogP contribution is 2.51. The van der Waals surface area contributed by atoms with Crippen LogP contribution in [-0.2, 0) is 10.0 Å². The van der Waals surface area contributed by atoms with Crippen molar-refractivity contribution >= 4 is 27.4 Å². The number of fused-ring (bicyclic) bond motifs is 5. The normalized spacial score (nSPS) is 31.4. The molecule has 2 aliphatic carbocycles. The van der Waals surface area contributed by atoms with Gasteiger partial charge in [0.1, 0.15) is 0 Å². The summed E-state index contributed by atoms with van der Waals surface area (Å²) in [4.78, 5) is 2.29. The van der Waals surface area contributed by atoms with Gasteiger partial charge in [-0.05, 0) is 61.4 Å². The fourth-order valence-electron chi connectivity index (χ4n) is 4.27. The molecule has 1 aromatic carbocycles. The number of thiocarbonyl (C=S) groups is 1. The van der Waals surface area contributed by atoms with Crippen LogP contribution in [0.4, 0.5) is 0 Å². The first kappa shape index (κ1) is 15.1. The van der Waals surface area contributed by atoms with Crippen LogP contribution in [0.5, 0.6) is 0 Å². The molecule has 0 radical (unpaired) electrons. The van der Waals surface area contributed by atoms with Crippen LogP contribution in [0, 0.1) is 30.6 Å². The second kappa shape index (κ2) is 5.31. The molecule has 2 bridgehead atoms. The van der Waals surface area contributed by atoms with Gasteiger partial charge < -0.3 is 4.90 Å². The van der Waals surface area contributed by atoms with Crippen LogP contribution in [0.15, 0.2) is 41.3 Å². The summed E-state index contributed by atoms with van der Waals surface area (Å²) in [6.45, 7) is 3.66. The molecule has 4 atom stereocenters. The molecule has 0 amide bonds. The predicted molar refractivity (Wildman–Crippen MR) is 93.4 cm³/mol. The summed E-state index contributed by atoms with van der Waals surface area (Å²) in [6, 6.07) is 6.81. The average molecular weight is 348 g/mol. The van der Waals surface area contributed by atoms with Crippen molar-refractivity contribution in [3.8, 4) is 0 Å². The van der Waals surface area contributed by atoms with Gasteiger partial charge in [-0.15, -0.1) is 0 Å². The van der Waals surface area contributed by atoms with E-state index in [4.69, 9.17) is 12.2 Å². The highest BCUT2D eigenvalue weighted by Gasteiger charge is 2.49. The fourth-order valence-corrected chi connectivity index (χ4v) is 5.72. The van der Waals surface area contributed by atoms with E-state index in [0.29, 0.717) is 28.8 Å². The van der Waals surface area contributed by atoms with Crippen LogP contribution in [0.1, 0.15) is 12.0 Å². The van der Waals surface area contributed by atoms with E-state index >= 15 is 0 Å². The lowest BCUT2D eigenvalue weighted by Crippen LogP contribution is -2.42. The van der Waals surface area contributed by atoms with Crippen LogP contribution in [-0.4, -0.2) is 31.5 Å². The number of hydrogen-bond donors (Lipinski definition) is 1. The summed E-state index contributed by atoms with van der Waals surface area (Å²) < 4.78 is 27.5. The zero-order valence-electron chi connectivity index (χ0n) is 13.0. The molecule has 0 spiro atoms. The van der Waals surface area contributed by atoms with Gasteiger partial charge in [0.2, 0.25) is 0 Å². The van der Waals surface area contributed by atoms with E-state index in [-0.39, 0.29) is 4.90 Å². The standard InChI is InChI=1S/C17H20N2O2S2/c1-11-2-6-14(7-3-11)23(20,21)18-17(22)19-9-15-12-4-5-13(8-12)16(15)10-19/h2-7,12-13,15-16H,8-10H2,1H3,(H,18,22). The second-order valence-electron chi connectivity index (χ2n) is 6.90. The summed E-state index contributed by atoms with van der Waals surface area (Å²) in [5.41, 5.74) is 1.03. The molecule has 1 aliphatic heterocycles. The molecule has 1 saturated carbocycles. The Morgan fingerprint density at radius 2 is 1.70 bits per heavy atom. The number of nitrogens with one attached hydrogen (secondary N) is 1. The third-order valence-electron chi connectivity index (χ3n) is 5.50. The average Bonchev–Trinajstić information content (AvgIpc) is 3.20. The third kappa shape index (κ3) is 2.58. The molecule has 1 N–H and O–H groups in total. The number of allylic oxidation sites excluding steroid dienone is 2. The fraction of sp³-hybridized carbons (Fsp3) is 0.471. The molecular weight excluding hydrogens is 328 g/mol. The molecule has 0 aromatic heterocycles. The van der Waals surface area contributed by atoms with Gasteiger partial charge in [0.05, 0.1) is 4.90 Å². The van der Waals surface area contributed by atoms with Crippen LogP contribution < -0.4 is 4.72 Å². The van der Waals surface area contributed by atoms with Gasteiger partial charge in [0, 0.05) is 13.1 Å². The van der Waals surface area contributed by atoms with Gasteiger partial charge >= 0.3 is 0 Å². The van der Waals surface area contributed by atoms with Crippen molar-refractivity contribution in [1.29, 1.82) is 0 Å². The molecule has 3 aliphatic rings. The first-order valence-electron chi connectivity index (χ1n) is 8.01. The number of sulfonamides is 1. The first-order chi connectivity index (χ1) is 10.9. The third-order valence-corrected chi connectivity index (χ3v) is 7.35. The number of likely N-dealkylation sites (tertiary alicyclic amines) is 1. The van der Waals surface area contributed by atoms with Gasteiger partial charge in [-0.25, -0.2) is 8.42 Å². The molecule has 1 heterocycles. The molecule has 23 heavy (non-hydrogen) atoms. The van der Waals surface area contributed by atoms with Crippen molar-refractivity contribution in [3.63, 3.8) is 0 Å². The highest BCUT2D eigenvalue weighted by molar-refractivity contribution is 7.91. The second-order valence-corrected chi connectivity index (χ2v) is 8.97. The van der Waals surface area contributed by atoms with Crippen molar-refractivity contribution < 1.29 is 8.42 Å². The molecule has 2 fully saturated rings. The lowest BCUT2D eigenvalue weighted by molar-refractivity contribution is 0.395. The summed E-state index contributed by atoms with van der Waals surface area (Å²) in [5.74, 6) is 2.58. The quantitative estimate of drug-likeness (QED) is 0.658. The molecule has 4 unspecified atom stereocenters. The highest BCUT2D eigenvalue weighted by atomic mass is 32.2. The Hall–Kier alpha value is -1.40. The maximum absolute atomic E-state index is 12.5. The maximum Gasteiger partial charge on any atom is 0.263 e. The Labute approximate surface area is 142 Å². The molecule has 6 heteroatoms. The number of nitrogens with zero attached hydrogens (tertiary/aromatic N) is 1. The molecule has 122 valence electrons. The minimum Gasteiger partial charge on any atom is -0.348 e. The van der Waals surface area contributed by atoms with E-state index in [9.17, 15) is 8.42 Å². The Morgan fingerprint density at radius 1 is 1.13 bits per heavy atom. The van der Waals surface area contributed by atoms with Gasteiger partial charge in [0.15, 0.2) is 5.11 Å². The van der Waals surface area contributed by atoms with E-state index in [1.807, 2.05) is 11.8 Å². The summed E-state index contributed by atoms with van der Waals surface area (Å²) >= 11 is 5.38. The molecule has 4 rings (SSSR count). The van der Waals surface area contributed by atoms with Crippen LogP contribution in [0.25, 0.3) is 0 Å². The van der Waals surface area contributed by atoms with Gasteiger partial charge in [0.25, 0.3) is 10.0 Å². The topological polar surface area (TPSA) is 49.4 Å². The zero-order valence-corrected chi connectivity index (χ0v) is 14.6. The minimum atomic E-state index is -3.60. The largest absolute Gasteiger partial charge is 0.348 e. The first-order valence-corrected chi connectivity index (χ1v) is 9.90. The van der Waals surface area contributed by atoms with E-state index in [1.54, 1.807) is 24.3 Å².